The fourth-order valence-electron chi connectivity index (χ4n) is 1.62. The second kappa shape index (κ2) is 8.20. The molecule has 1 aliphatic heterocycles. The van der Waals surface area contributed by atoms with E-state index in [9.17, 15) is 4.79 Å². The van der Waals surface area contributed by atoms with Gasteiger partial charge in [-0.1, -0.05) is 0 Å². The van der Waals surface area contributed by atoms with Crippen molar-refractivity contribution in [2.45, 2.75) is 37.3 Å². The molecular formula is C12H18O9. The van der Waals surface area contributed by atoms with Crippen molar-refractivity contribution in [2.75, 3.05) is 6.61 Å². The van der Waals surface area contributed by atoms with Crippen molar-refractivity contribution in [1.29, 1.82) is 0 Å². The van der Waals surface area contributed by atoms with E-state index < -0.39 is 37.3 Å². The molecule has 2 rings (SSSR count). The van der Waals surface area contributed by atoms with Crippen LogP contribution in [-0.2, 0) is 11.3 Å². The normalized spacial score (nSPS) is 32.2. The van der Waals surface area contributed by atoms with E-state index in [4.69, 9.17) is 35.1 Å². The van der Waals surface area contributed by atoms with E-state index in [1.807, 2.05) is 0 Å². The molecule has 2 heterocycles. The van der Waals surface area contributed by atoms with Gasteiger partial charge < -0.3 is 39.8 Å². The molecule has 0 amide bonds. The first-order valence-corrected chi connectivity index (χ1v) is 6.08. The zero-order chi connectivity index (χ0) is 16.0. The van der Waals surface area contributed by atoms with Crippen molar-refractivity contribution in [3.05, 3.63) is 23.7 Å². The van der Waals surface area contributed by atoms with Gasteiger partial charge in [-0.25, -0.2) is 0 Å². The van der Waals surface area contributed by atoms with Gasteiger partial charge in [0, 0.05) is 0 Å². The third-order valence-corrected chi connectivity index (χ3v) is 2.82. The highest BCUT2D eigenvalue weighted by Gasteiger charge is 2.42. The van der Waals surface area contributed by atoms with E-state index in [1.54, 1.807) is 6.07 Å². The minimum Gasteiger partial charge on any atom is -0.456 e. The van der Waals surface area contributed by atoms with Crippen LogP contribution in [0.2, 0.25) is 0 Å². The zero-order valence-corrected chi connectivity index (χ0v) is 10.9. The van der Waals surface area contributed by atoms with E-state index in [0.717, 1.165) is 0 Å². The Morgan fingerprint density at radius 1 is 1.05 bits per heavy atom. The Balaban J connectivity index is 0.000000219. The average molecular weight is 306 g/mol. The second-order valence-corrected chi connectivity index (χ2v) is 4.30. The van der Waals surface area contributed by atoms with Gasteiger partial charge in [0.1, 0.15) is 36.8 Å². The Hall–Kier alpha value is -1.33. The summed E-state index contributed by atoms with van der Waals surface area (Å²) in [4.78, 5) is 9.96. The molecule has 1 saturated heterocycles. The molecule has 9 heteroatoms. The van der Waals surface area contributed by atoms with Gasteiger partial charge in [-0.05, 0) is 12.1 Å². The van der Waals surface area contributed by atoms with Crippen molar-refractivity contribution in [2.24, 2.45) is 0 Å². The third-order valence-electron chi connectivity index (χ3n) is 2.82. The maximum Gasteiger partial charge on any atom is 0.185 e. The Morgan fingerprint density at radius 3 is 2.14 bits per heavy atom. The summed E-state index contributed by atoms with van der Waals surface area (Å²) in [5, 5.41) is 53.1. The van der Waals surface area contributed by atoms with Gasteiger partial charge in [-0.3, -0.25) is 4.79 Å². The van der Waals surface area contributed by atoms with Crippen LogP contribution in [0.3, 0.4) is 0 Å². The molecule has 0 radical (unpaired) electrons. The summed E-state index contributed by atoms with van der Waals surface area (Å²) in [7, 11) is 0. The summed E-state index contributed by atoms with van der Waals surface area (Å²) in [5.41, 5.74) is 0. The van der Waals surface area contributed by atoms with E-state index in [-0.39, 0.29) is 12.4 Å². The number of hydrogen-bond acceptors (Lipinski definition) is 9. The molecule has 0 spiro atoms. The van der Waals surface area contributed by atoms with Gasteiger partial charge in [-0.15, -0.1) is 0 Å². The number of carbonyl (C=O) groups excluding carboxylic acids is 1. The van der Waals surface area contributed by atoms with E-state index in [1.165, 1.54) is 6.07 Å². The first-order chi connectivity index (χ1) is 9.94. The van der Waals surface area contributed by atoms with Crippen LogP contribution >= 0.6 is 0 Å². The molecule has 1 unspecified atom stereocenters. The predicted molar refractivity (Wildman–Crippen MR) is 66.0 cm³/mol. The lowest BCUT2D eigenvalue weighted by Crippen LogP contribution is -2.58. The number of aldehydes is 1. The highest BCUT2D eigenvalue weighted by Crippen LogP contribution is 2.18. The van der Waals surface area contributed by atoms with Crippen molar-refractivity contribution in [3.8, 4) is 0 Å². The molecule has 6 N–H and O–H groups in total. The monoisotopic (exact) mass is 306 g/mol. The number of rotatable bonds is 3. The highest BCUT2D eigenvalue weighted by molar-refractivity contribution is 5.70. The zero-order valence-electron chi connectivity index (χ0n) is 10.9. The Kier molecular flexibility index (Phi) is 6.92. The molecule has 1 fully saturated rings. The van der Waals surface area contributed by atoms with Crippen LogP contribution in [0.25, 0.3) is 0 Å². The van der Waals surface area contributed by atoms with Crippen LogP contribution in [0.1, 0.15) is 16.3 Å². The molecule has 9 nitrogen and oxygen atoms in total. The van der Waals surface area contributed by atoms with Crippen LogP contribution in [-0.4, -0.2) is 74.2 Å². The Labute approximate surface area is 119 Å². The number of aliphatic hydroxyl groups is 6. The summed E-state index contributed by atoms with van der Waals surface area (Å²) in [5.74, 6) is 0.663. The van der Waals surface area contributed by atoms with Crippen LogP contribution in [0.5, 0.6) is 0 Å². The second-order valence-electron chi connectivity index (χ2n) is 4.30. The molecule has 0 saturated carbocycles. The lowest BCUT2D eigenvalue weighted by Gasteiger charge is -2.37. The van der Waals surface area contributed by atoms with Gasteiger partial charge in [-0.2, -0.15) is 0 Å². The number of ether oxygens (including phenoxy) is 1. The SMILES string of the molecule is O=Cc1ccc(CO)o1.OC[C@H]1OC(O)[C@@H](O)[C@@H](O)[C@@H]1O. The summed E-state index contributed by atoms with van der Waals surface area (Å²) < 4.78 is 9.34. The number of aliphatic hydroxyl groups excluding tert-OH is 6. The fraction of sp³-hybridized carbons (Fsp3) is 0.583. The van der Waals surface area contributed by atoms with Crippen LogP contribution in [0, 0.1) is 0 Å². The Morgan fingerprint density at radius 2 is 1.71 bits per heavy atom. The smallest absolute Gasteiger partial charge is 0.185 e. The topological polar surface area (TPSA) is 161 Å². The van der Waals surface area contributed by atoms with Gasteiger partial charge in [0.2, 0.25) is 0 Å². The number of furan rings is 1. The molecule has 0 aromatic carbocycles. The Bertz CT molecular complexity index is 427. The van der Waals surface area contributed by atoms with Crippen molar-refractivity contribution < 1.29 is 44.6 Å². The molecule has 0 bridgehead atoms. The van der Waals surface area contributed by atoms with Gasteiger partial charge in [0.15, 0.2) is 18.3 Å². The maximum atomic E-state index is 9.96. The number of hydrogen-bond donors (Lipinski definition) is 6. The molecule has 21 heavy (non-hydrogen) atoms. The summed E-state index contributed by atoms with van der Waals surface area (Å²) in [6.45, 7) is -0.685. The highest BCUT2D eigenvalue weighted by atomic mass is 16.6. The summed E-state index contributed by atoms with van der Waals surface area (Å²) in [6.07, 6.45) is -6.44. The average Bonchev–Trinajstić information content (AvgIpc) is 2.97. The molecule has 0 aliphatic carbocycles. The predicted octanol–water partition coefficient (Wildman–Crippen LogP) is -2.64. The van der Waals surface area contributed by atoms with Crippen LogP contribution < -0.4 is 0 Å². The fourth-order valence-corrected chi connectivity index (χ4v) is 1.62. The van der Waals surface area contributed by atoms with E-state index in [2.05, 4.69) is 4.74 Å². The summed E-state index contributed by atoms with van der Waals surface area (Å²) in [6, 6.07) is 3.07. The van der Waals surface area contributed by atoms with Crippen LogP contribution in [0.15, 0.2) is 16.5 Å². The van der Waals surface area contributed by atoms with Crippen LogP contribution in [0.4, 0.5) is 0 Å². The van der Waals surface area contributed by atoms with E-state index in [0.29, 0.717) is 12.0 Å². The number of carbonyl (C=O) groups is 1. The quantitative estimate of drug-likeness (QED) is 0.328. The van der Waals surface area contributed by atoms with Gasteiger partial charge >= 0.3 is 0 Å². The molecule has 1 aromatic rings. The van der Waals surface area contributed by atoms with Crippen molar-refractivity contribution in [3.63, 3.8) is 0 Å². The summed E-state index contributed by atoms with van der Waals surface area (Å²) >= 11 is 0. The minimum absolute atomic E-state index is 0.159. The molecule has 5 atom stereocenters. The largest absolute Gasteiger partial charge is 0.456 e. The van der Waals surface area contributed by atoms with Crippen molar-refractivity contribution in [1.82, 2.24) is 0 Å². The molecule has 120 valence electrons. The molecule has 1 aromatic heterocycles. The van der Waals surface area contributed by atoms with Gasteiger partial charge in [0.05, 0.1) is 6.61 Å². The standard InChI is InChI=1S/C6H12O6.C6H6O3/c7-1-2-3(8)4(9)5(10)6(11)12-2;7-3-5-1-2-6(4-8)9-5/h2-11H,1H2;1-3,8H,4H2/t2-,3-,4+,5+,6?;/m1./s1. The lowest BCUT2D eigenvalue weighted by atomic mass is 10.00. The first kappa shape index (κ1) is 17.7. The minimum atomic E-state index is -1.57. The van der Waals surface area contributed by atoms with Crippen molar-refractivity contribution >= 4 is 6.29 Å². The van der Waals surface area contributed by atoms with E-state index >= 15 is 0 Å². The third kappa shape index (κ3) is 4.58. The lowest BCUT2D eigenvalue weighted by molar-refractivity contribution is -0.286. The van der Waals surface area contributed by atoms with Gasteiger partial charge in [0.25, 0.3) is 0 Å². The molecule has 1 aliphatic rings. The first-order valence-electron chi connectivity index (χ1n) is 6.08. The molecular weight excluding hydrogens is 288 g/mol. The maximum absolute atomic E-state index is 9.96.